The van der Waals surface area contributed by atoms with Crippen LogP contribution < -0.4 is 14.9 Å². The number of sulfonamides is 1. The van der Waals surface area contributed by atoms with Gasteiger partial charge in [0.05, 0.1) is 10.8 Å². The number of amides is 2. The van der Waals surface area contributed by atoms with Gasteiger partial charge < -0.3 is 10.2 Å². The monoisotopic (exact) mass is 451 g/mol. The first-order valence-corrected chi connectivity index (χ1v) is 11.0. The van der Waals surface area contributed by atoms with Crippen molar-refractivity contribution in [2.75, 3.05) is 16.8 Å². The van der Waals surface area contributed by atoms with Gasteiger partial charge in [0.1, 0.15) is 11.6 Å². The van der Waals surface area contributed by atoms with Gasteiger partial charge in [0, 0.05) is 35.9 Å². The molecule has 0 spiro atoms. The number of rotatable bonds is 5. The minimum Gasteiger partial charge on any atom is -0.326 e. The van der Waals surface area contributed by atoms with Crippen LogP contribution in [0.2, 0.25) is 0 Å². The van der Waals surface area contributed by atoms with Crippen LogP contribution in [0.25, 0.3) is 0 Å². The number of carbonyl (C=O) groups is 2. The normalized spacial score (nSPS) is 17.1. The van der Waals surface area contributed by atoms with Crippen LogP contribution in [-0.2, 0) is 19.6 Å². The lowest BCUT2D eigenvalue weighted by Gasteiger charge is -2.20. The maximum atomic E-state index is 13.5. The third kappa shape index (κ3) is 5.65. The quantitative estimate of drug-likeness (QED) is 0.731. The van der Waals surface area contributed by atoms with Crippen molar-refractivity contribution in [1.29, 1.82) is 0 Å². The van der Waals surface area contributed by atoms with Gasteiger partial charge in [-0.05, 0) is 51.1 Å². The van der Waals surface area contributed by atoms with E-state index in [0.717, 1.165) is 17.0 Å². The van der Waals surface area contributed by atoms with Gasteiger partial charge in [0.25, 0.3) is 0 Å². The summed E-state index contributed by atoms with van der Waals surface area (Å²) < 4.78 is 54.5. The summed E-state index contributed by atoms with van der Waals surface area (Å²) in [7, 11) is -3.79. The lowest BCUT2D eigenvalue weighted by atomic mass is 10.1. The summed E-state index contributed by atoms with van der Waals surface area (Å²) >= 11 is 0. The molecule has 1 unspecified atom stereocenters. The molecule has 1 heterocycles. The summed E-state index contributed by atoms with van der Waals surface area (Å²) in [5.74, 6) is -3.33. The number of carbonyl (C=O) groups excluding carboxylic acids is 2. The van der Waals surface area contributed by atoms with Crippen LogP contribution in [0.1, 0.15) is 27.2 Å². The van der Waals surface area contributed by atoms with Crippen molar-refractivity contribution in [2.24, 2.45) is 5.92 Å². The van der Waals surface area contributed by atoms with Gasteiger partial charge in [-0.1, -0.05) is 6.07 Å². The SMILES string of the molecule is CC(C)(C)NS(=O)(=O)c1cccc(NC(=O)C2CC(=O)N(c3cc(F)cc(F)c3)C2)c1. The Morgan fingerprint density at radius 1 is 1.10 bits per heavy atom. The van der Waals surface area contributed by atoms with Crippen LogP contribution in [0.4, 0.5) is 20.2 Å². The molecule has 3 rings (SSSR count). The molecule has 0 bridgehead atoms. The molecule has 2 aromatic carbocycles. The van der Waals surface area contributed by atoms with E-state index in [0.29, 0.717) is 6.07 Å². The fraction of sp³-hybridized carbons (Fsp3) is 0.333. The number of benzene rings is 2. The van der Waals surface area contributed by atoms with Gasteiger partial charge >= 0.3 is 0 Å². The van der Waals surface area contributed by atoms with E-state index in [2.05, 4.69) is 10.0 Å². The highest BCUT2D eigenvalue weighted by atomic mass is 32.2. The summed E-state index contributed by atoms with van der Waals surface area (Å²) in [5.41, 5.74) is -0.383. The van der Waals surface area contributed by atoms with E-state index in [-0.39, 0.29) is 29.2 Å². The Hall–Kier alpha value is -2.85. The maximum Gasteiger partial charge on any atom is 0.241 e. The average molecular weight is 451 g/mol. The molecule has 31 heavy (non-hydrogen) atoms. The molecule has 1 fully saturated rings. The molecule has 2 aromatic rings. The van der Waals surface area contributed by atoms with E-state index in [1.165, 1.54) is 24.3 Å². The first kappa shape index (κ1) is 22.8. The van der Waals surface area contributed by atoms with Gasteiger partial charge in [-0.3, -0.25) is 9.59 Å². The summed E-state index contributed by atoms with van der Waals surface area (Å²) in [5, 5.41) is 2.62. The van der Waals surface area contributed by atoms with Crippen LogP contribution in [-0.4, -0.2) is 32.3 Å². The molecule has 1 aliphatic rings. The molecule has 1 aliphatic heterocycles. The van der Waals surface area contributed by atoms with E-state index in [4.69, 9.17) is 0 Å². The number of hydrogen-bond donors (Lipinski definition) is 2. The number of nitrogens with one attached hydrogen (secondary N) is 2. The van der Waals surface area contributed by atoms with Crippen LogP contribution in [0.3, 0.4) is 0 Å². The summed E-state index contributed by atoms with van der Waals surface area (Å²) in [6.07, 6.45) is -0.131. The largest absolute Gasteiger partial charge is 0.326 e. The standard InChI is InChI=1S/C21H23F2N3O4S/c1-21(2,3)25-31(29,30)18-6-4-5-16(11-18)24-20(28)13-7-19(27)26(12-13)17-9-14(22)8-15(23)10-17/h4-6,8-11,13,25H,7,12H2,1-3H3,(H,24,28). The van der Waals surface area contributed by atoms with Crippen LogP contribution in [0, 0.1) is 17.6 Å². The number of nitrogens with zero attached hydrogens (tertiary/aromatic N) is 1. The van der Waals surface area contributed by atoms with E-state index in [1.54, 1.807) is 20.8 Å². The zero-order valence-corrected chi connectivity index (χ0v) is 18.1. The highest BCUT2D eigenvalue weighted by molar-refractivity contribution is 7.89. The Bertz CT molecular complexity index is 1110. The predicted molar refractivity (Wildman–Crippen MR) is 112 cm³/mol. The fourth-order valence-electron chi connectivity index (χ4n) is 3.28. The van der Waals surface area contributed by atoms with Gasteiger partial charge in [-0.15, -0.1) is 0 Å². The van der Waals surface area contributed by atoms with Crippen molar-refractivity contribution in [3.63, 3.8) is 0 Å². The Morgan fingerprint density at radius 2 is 1.74 bits per heavy atom. The maximum absolute atomic E-state index is 13.5. The van der Waals surface area contributed by atoms with Gasteiger partial charge in [0.15, 0.2) is 0 Å². The molecule has 0 radical (unpaired) electrons. The van der Waals surface area contributed by atoms with E-state index in [1.807, 2.05) is 0 Å². The summed E-state index contributed by atoms with van der Waals surface area (Å²) in [4.78, 5) is 26.1. The molecule has 0 saturated carbocycles. The Morgan fingerprint density at radius 3 is 2.35 bits per heavy atom. The zero-order chi connectivity index (χ0) is 23.0. The predicted octanol–water partition coefficient (Wildman–Crippen LogP) is 3.03. The Labute approximate surface area is 179 Å². The first-order valence-electron chi connectivity index (χ1n) is 9.55. The van der Waals surface area contributed by atoms with Crippen molar-refractivity contribution in [2.45, 2.75) is 37.6 Å². The molecule has 166 valence electrons. The Kier molecular flexibility index (Phi) is 6.15. The molecule has 10 heteroatoms. The zero-order valence-electron chi connectivity index (χ0n) is 17.3. The second-order valence-corrected chi connectivity index (χ2v) is 10.1. The van der Waals surface area contributed by atoms with E-state index >= 15 is 0 Å². The third-order valence-electron chi connectivity index (χ3n) is 4.51. The Balaban J connectivity index is 1.73. The van der Waals surface area contributed by atoms with E-state index < -0.39 is 44.9 Å². The number of anilines is 2. The number of hydrogen-bond acceptors (Lipinski definition) is 4. The van der Waals surface area contributed by atoms with Crippen molar-refractivity contribution < 1.29 is 26.8 Å². The molecule has 1 atom stereocenters. The molecule has 7 nitrogen and oxygen atoms in total. The molecule has 0 aliphatic carbocycles. The highest BCUT2D eigenvalue weighted by Gasteiger charge is 2.35. The third-order valence-corrected chi connectivity index (χ3v) is 6.26. The van der Waals surface area contributed by atoms with Crippen molar-refractivity contribution >= 4 is 33.2 Å². The van der Waals surface area contributed by atoms with Crippen LogP contribution in [0.5, 0.6) is 0 Å². The smallest absolute Gasteiger partial charge is 0.241 e. The van der Waals surface area contributed by atoms with Gasteiger partial charge in [-0.25, -0.2) is 21.9 Å². The lowest BCUT2D eigenvalue weighted by molar-refractivity contribution is -0.122. The highest BCUT2D eigenvalue weighted by Crippen LogP contribution is 2.28. The lowest BCUT2D eigenvalue weighted by Crippen LogP contribution is -2.40. The molecule has 0 aromatic heterocycles. The fourth-order valence-corrected chi connectivity index (χ4v) is 4.74. The second kappa shape index (κ2) is 8.35. The average Bonchev–Trinajstić information content (AvgIpc) is 3.01. The van der Waals surface area contributed by atoms with Crippen molar-refractivity contribution in [3.05, 3.63) is 54.1 Å². The van der Waals surface area contributed by atoms with Gasteiger partial charge in [-0.2, -0.15) is 0 Å². The van der Waals surface area contributed by atoms with E-state index in [9.17, 15) is 26.8 Å². The summed E-state index contributed by atoms with van der Waals surface area (Å²) in [6.45, 7) is 5.09. The molecular formula is C21H23F2N3O4S. The second-order valence-electron chi connectivity index (χ2n) is 8.41. The van der Waals surface area contributed by atoms with Crippen molar-refractivity contribution in [3.8, 4) is 0 Å². The molecule has 1 saturated heterocycles. The van der Waals surface area contributed by atoms with Crippen LogP contribution in [0.15, 0.2) is 47.4 Å². The molecular weight excluding hydrogens is 428 g/mol. The topological polar surface area (TPSA) is 95.6 Å². The van der Waals surface area contributed by atoms with Crippen LogP contribution >= 0.6 is 0 Å². The first-order chi connectivity index (χ1) is 14.3. The summed E-state index contributed by atoms with van der Waals surface area (Å²) in [6, 6.07) is 8.50. The molecule has 2 amide bonds. The van der Waals surface area contributed by atoms with Crippen molar-refractivity contribution in [1.82, 2.24) is 4.72 Å². The molecule has 2 N–H and O–H groups in total. The number of halogens is 2. The minimum atomic E-state index is -3.79. The minimum absolute atomic E-state index is 0.0143. The van der Waals surface area contributed by atoms with Gasteiger partial charge in [0.2, 0.25) is 21.8 Å².